The number of hydrogen-bond acceptors (Lipinski definition) is 4. The van der Waals surface area contributed by atoms with E-state index in [1.807, 2.05) is 0 Å². The number of H-pyrrole nitrogens is 1. The van der Waals surface area contributed by atoms with Crippen molar-refractivity contribution in [3.8, 4) is 0 Å². The van der Waals surface area contributed by atoms with Crippen molar-refractivity contribution in [3.05, 3.63) is 42.2 Å². The number of benzene rings is 1. The van der Waals surface area contributed by atoms with Crippen LogP contribution in [0.1, 0.15) is 12.0 Å². The van der Waals surface area contributed by atoms with Gasteiger partial charge in [0.25, 0.3) is 10.0 Å². The molecule has 0 fully saturated rings. The van der Waals surface area contributed by atoms with Gasteiger partial charge in [-0.3, -0.25) is 14.2 Å². The maximum atomic E-state index is 12.3. The fourth-order valence-electron chi connectivity index (χ4n) is 1.84. The highest BCUT2D eigenvalue weighted by molar-refractivity contribution is 7.92. The predicted molar refractivity (Wildman–Crippen MR) is 76.6 cm³/mol. The molecular weight excluding hydrogens is 294 g/mol. The van der Waals surface area contributed by atoms with Crippen molar-refractivity contribution in [2.75, 3.05) is 11.4 Å². The van der Waals surface area contributed by atoms with Gasteiger partial charge in [0.05, 0.1) is 11.9 Å². The minimum Gasteiger partial charge on any atom is -0.481 e. The number of nitrogens with zero attached hydrogens (tertiary/aromatic N) is 2. The Morgan fingerprint density at radius 2 is 2.19 bits per heavy atom. The normalized spacial score (nSPS) is 11.3. The fourth-order valence-corrected chi connectivity index (χ4v) is 2.93. The van der Waals surface area contributed by atoms with E-state index in [1.165, 1.54) is 19.4 Å². The molecule has 2 rings (SSSR count). The van der Waals surface area contributed by atoms with E-state index in [1.54, 1.807) is 24.3 Å². The highest BCUT2D eigenvalue weighted by Gasteiger charge is 2.22. The molecule has 1 heterocycles. The Balaban J connectivity index is 2.25. The van der Waals surface area contributed by atoms with E-state index in [4.69, 9.17) is 5.11 Å². The number of carbonyl (C=O) groups is 1. The fraction of sp³-hybridized carbons (Fsp3) is 0.231. The Bertz CT molecular complexity index is 726. The Morgan fingerprint density at radius 3 is 2.81 bits per heavy atom. The van der Waals surface area contributed by atoms with Crippen molar-refractivity contribution >= 4 is 21.7 Å². The maximum Gasteiger partial charge on any atom is 0.303 e. The van der Waals surface area contributed by atoms with Gasteiger partial charge in [-0.2, -0.15) is 5.10 Å². The van der Waals surface area contributed by atoms with Crippen molar-refractivity contribution in [1.29, 1.82) is 0 Å². The van der Waals surface area contributed by atoms with Gasteiger partial charge >= 0.3 is 5.97 Å². The molecular formula is C13H15N3O4S. The zero-order valence-corrected chi connectivity index (χ0v) is 12.2. The first kappa shape index (κ1) is 15.0. The minimum atomic E-state index is -3.67. The molecule has 0 radical (unpaired) electrons. The largest absolute Gasteiger partial charge is 0.481 e. The van der Waals surface area contributed by atoms with Crippen LogP contribution < -0.4 is 4.31 Å². The van der Waals surface area contributed by atoms with Crippen LogP contribution >= 0.6 is 0 Å². The summed E-state index contributed by atoms with van der Waals surface area (Å²) < 4.78 is 25.8. The lowest BCUT2D eigenvalue weighted by Crippen LogP contribution is -2.26. The quantitative estimate of drug-likeness (QED) is 0.836. The molecule has 1 aromatic carbocycles. The molecule has 0 saturated heterocycles. The van der Waals surface area contributed by atoms with Crippen molar-refractivity contribution in [2.24, 2.45) is 0 Å². The van der Waals surface area contributed by atoms with Gasteiger partial charge in [0.2, 0.25) is 0 Å². The van der Waals surface area contributed by atoms with Gasteiger partial charge in [-0.25, -0.2) is 8.42 Å². The van der Waals surface area contributed by atoms with Crippen molar-refractivity contribution < 1.29 is 18.3 Å². The smallest absolute Gasteiger partial charge is 0.303 e. The number of carboxylic acids is 1. The van der Waals surface area contributed by atoms with E-state index in [9.17, 15) is 13.2 Å². The molecule has 0 aliphatic carbocycles. The van der Waals surface area contributed by atoms with Gasteiger partial charge < -0.3 is 5.11 Å². The third-order valence-corrected chi connectivity index (χ3v) is 4.78. The number of nitrogens with one attached hydrogen (secondary N) is 1. The van der Waals surface area contributed by atoms with Crippen molar-refractivity contribution in [1.82, 2.24) is 10.2 Å². The molecule has 0 atom stereocenters. The number of aromatic nitrogens is 2. The predicted octanol–water partition coefficient (Wildman–Crippen LogP) is 1.25. The van der Waals surface area contributed by atoms with E-state index in [2.05, 4.69) is 10.2 Å². The number of aliphatic carboxylic acids is 1. The lowest BCUT2D eigenvalue weighted by Gasteiger charge is -2.19. The summed E-state index contributed by atoms with van der Waals surface area (Å²) in [4.78, 5) is 10.7. The summed E-state index contributed by atoms with van der Waals surface area (Å²) in [7, 11) is -2.23. The molecule has 2 N–H and O–H groups in total. The molecule has 0 saturated carbocycles. The van der Waals surface area contributed by atoms with Crippen LogP contribution in [0.3, 0.4) is 0 Å². The van der Waals surface area contributed by atoms with Gasteiger partial charge in [-0.05, 0) is 24.1 Å². The summed E-state index contributed by atoms with van der Waals surface area (Å²) >= 11 is 0. The van der Waals surface area contributed by atoms with Crippen LogP contribution in [0.5, 0.6) is 0 Å². The second-order valence-electron chi connectivity index (χ2n) is 4.47. The minimum absolute atomic E-state index is 0.00164. The van der Waals surface area contributed by atoms with Crippen LogP contribution in [0.15, 0.2) is 41.6 Å². The number of anilines is 1. The number of aromatic amines is 1. The molecule has 0 spiro atoms. The lowest BCUT2D eigenvalue weighted by molar-refractivity contribution is -0.136. The molecule has 0 aliphatic heterocycles. The number of aryl methyl sites for hydroxylation is 1. The summed E-state index contributed by atoms with van der Waals surface area (Å²) in [6.07, 6.45) is 2.89. The second-order valence-corrected chi connectivity index (χ2v) is 6.44. The van der Waals surface area contributed by atoms with E-state index >= 15 is 0 Å². The Morgan fingerprint density at radius 1 is 1.43 bits per heavy atom. The third-order valence-electron chi connectivity index (χ3n) is 3.03. The Labute approximate surface area is 122 Å². The van der Waals surface area contributed by atoms with Crippen LogP contribution in [-0.2, 0) is 21.2 Å². The number of sulfonamides is 1. The average Bonchev–Trinajstić information content (AvgIpc) is 2.99. The average molecular weight is 309 g/mol. The van der Waals surface area contributed by atoms with Gasteiger partial charge in [-0.15, -0.1) is 0 Å². The summed E-state index contributed by atoms with van der Waals surface area (Å²) in [6, 6.07) is 6.79. The topological polar surface area (TPSA) is 103 Å². The summed E-state index contributed by atoms with van der Waals surface area (Å²) in [5.41, 5.74) is 1.24. The molecule has 0 bridgehead atoms. The van der Waals surface area contributed by atoms with Crippen LogP contribution in [0.25, 0.3) is 0 Å². The standard InChI is InChI=1S/C13H15N3O4S/c1-16(21(19,20)12-8-14-15-9-12)11-4-2-3-10(7-11)5-6-13(17)18/h2-4,7-9H,5-6H2,1H3,(H,14,15)(H,17,18). The number of hydrogen-bond donors (Lipinski definition) is 2. The maximum absolute atomic E-state index is 12.3. The van der Waals surface area contributed by atoms with Gasteiger partial charge in [-0.1, -0.05) is 12.1 Å². The Kier molecular flexibility index (Phi) is 4.27. The molecule has 7 nitrogen and oxygen atoms in total. The molecule has 0 unspecified atom stereocenters. The van der Waals surface area contributed by atoms with E-state index in [0.29, 0.717) is 12.1 Å². The van der Waals surface area contributed by atoms with Crippen LogP contribution in [0, 0.1) is 0 Å². The molecule has 1 aromatic heterocycles. The number of carboxylic acid groups (broad SMARTS) is 1. The van der Waals surface area contributed by atoms with Gasteiger partial charge in [0.1, 0.15) is 4.90 Å². The molecule has 8 heteroatoms. The molecule has 0 aliphatic rings. The Hall–Kier alpha value is -2.35. The first-order valence-corrected chi connectivity index (χ1v) is 7.63. The first-order valence-electron chi connectivity index (χ1n) is 6.19. The summed E-state index contributed by atoms with van der Waals surface area (Å²) in [6.45, 7) is 0. The SMILES string of the molecule is CN(c1cccc(CCC(=O)O)c1)S(=O)(=O)c1cn[nH]c1. The number of rotatable bonds is 6. The summed E-state index contributed by atoms with van der Waals surface area (Å²) in [5.74, 6) is -0.889. The van der Waals surface area contributed by atoms with Crippen LogP contribution in [0.4, 0.5) is 5.69 Å². The van der Waals surface area contributed by atoms with E-state index < -0.39 is 16.0 Å². The third kappa shape index (κ3) is 3.40. The van der Waals surface area contributed by atoms with Crippen molar-refractivity contribution in [3.63, 3.8) is 0 Å². The summed E-state index contributed by atoms with van der Waals surface area (Å²) in [5, 5.41) is 14.8. The van der Waals surface area contributed by atoms with E-state index in [-0.39, 0.29) is 11.3 Å². The van der Waals surface area contributed by atoms with Gasteiger partial charge in [0, 0.05) is 19.7 Å². The van der Waals surface area contributed by atoms with E-state index in [0.717, 1.165) is 9.87 Å². The zero-order valence-electron chi connectivity index (χ0n) is 11.4. The highest BCUT2D eigenvalue weighted by Crippen LogP contribution is 2.22. The van der Waals surface area contributed by atoms with Crippen molar-refractivity contribution in [2.45, 2.75) is 17.7 Å². The zero-order chi connectivity index (χ0) is 15.5. The molecule has 21 heavy (non-hydrogen) atoms. The molecule has 0 amide bonds. The van der Waals surface area contributed by atoms with Crippen LogP contribution in [0.2, 0.25) is 0 Å². The highest BCUT2D eigenvalue weighted by atomic mass is 32.2. The second kappa shape index (κ2) is 5.96. The lowest BCUT2D eigenvalue weighted by atomic mass is 10.1. The molecule has 112 valence electrons. The molecule has 2 aromatic rings. The van der Waals surface area contributed by atoms with Crippen LogP contribution in [-0.4, -0.2) is 36.7 Å². The monoisotopic (exact) mass is 309 g/mol. The van der Waals surface area contributed by atoms with Gasteiger partial charge in [0.15, 0.2) is 0 Å². The first-order chi connectivity index (χ1) is 9.91.